The Labute approximate surface area is 172 Å². The minimum Gasteiger partial charge on any atom is -0.465 e. The maximum Gasteiger partial charge on any atom is 0.316 e. The molecule has 0 aliphatic heterocycles. The first kappa shape index (κ1) is 21.4. The number of amides is 1. The summed E-state index contributed by atoms with van der Waals surface area (Å²) in [6.07, 6.45) is 0. The highest BCUT2D eigenvalue weighted by Crippen LogP contribution is 2.24. The highest BCUT2D eigenvalue weighted by molar-refractivity contribution is 8.03. The number of hydrogen-bond acceptors (Lipinski definition) is 6. The molecule has 2 rings (SSSR count). The summed E-state index contributed by atoms with van der Waals surface area (Å²) in [5, 5.41) is 16.1. The van der Waals surface area contributed by atoms with Crippen LogP contribution in [-0.4, -0.2) is 24.2 Å². The average Bonchev–Trinajstić information content (AvgIpc) is 2.69. The number of nitrogens with zero attached hydrogens (tertiary/aromatic N) is 1. The molecule has 0 aliphatic carbocycles. The van der Waals surface area contributed by atoms with E-state index in [0.29, 0.717) is 16.4 Å². The van der Waals surface area contributed by atoms with Gasteiger partial charge in [-0.1, -0.05) is 41.6 Å². The summed E-state index contributed by atoms with van der Waals surface area (Å²) in [6, 6.07) is 17.5. The number of benzene rings is 2. The van der Waals surface area contributed by atoms with Crippen molar-refractivity contribution in [2.24, 2.45) is 0 Å². The second kappa shape index (κ2) is 11.0. The van der Waals surface area contributed by atoms with Crippen molar-refractivity contribution in [1.29, 1.82) is 5.26 Å². The molecule has 144 valence electrons. The van der Waals surface area contributed by atoms with Crippen LogP contribution in [0.1, 0.15) is 6.92 Å². The summed E-state index contributed by atoms with van der Waals surface area (Å²) < 4.78 is 4.92. The maximum absolute atomic E-state index is 12.6. The topological polar surface area (TPSA) is 91.2 Å². The number of anilines is 2. The zero-order valence-corrected chi connectivity index (χ0v) is 16.6. The largest absolute Gasteiger partial charge is 0.465 e. The number of esters is 1. The maximum atomic E-state index is 12.6. The van der Waals surface area contributed by atoms with Gasteiger partial charge in [0.1, 0.15) is 11.6 Å². The molecule has 28 heavy (non-hydrogen) atoms. The van der Waals surface area contributed by atoms with Crippen LogP contribution >= 0.6 is 23.4 Å². The first-order valence-electron chi connectivity index (χ1n) is 8.35. The second-order valence-corrected chi connectivity index (χ2v) is 6.78. The van der Waals surface area contributed by atoms with E-state index in [1.807, 2.05) is 24.3 Å². The molecule has 0 atom stereocenters. The summed E-state index contributed by atoms with van der Waals surface area (Å²) in [5.74, 6) is -1.07. The van der Waals surface area contributed by atoms with Gasteiger partial charge < -0.3 is 15.4 Å². The average molecular weight is 416 g/mol. The molecule has 0 heterocycles. The van der Waals surface area contributed by atoms with Crippen LogP contribution in [0.5, 0.6) is 0 Å². The van der Waals surface area contributed by atoms with Crippen molar-refractivity contribution in [2.75, 3.05) is 23.0 Å². The summed E-state index contributed by atoms with van der Waals surface area (Å²) >= 11 is 6.87. The van der Waals surface area contributed by atoms with Gasteiger partial charge >= 0.3 is 5.97 Å². The number of ether oxygens (including phenoxy) is 1. The van der Waals surface area contributed by atoms with E-state index >= 15 is 0 Å². The van der Waals surface area contributed by atoms with Crippen molar-refractivity contribution >= 4 is 46.6 Å². The van der Waals surface area contributed by atoms with Gasteiger partial charge in [0.25, 0.3) is 5.91 Å². The number of rotatable bonds is 8. The number of carbonyl (C=O) groups excluding carboxylic acids is 2. The molecule has 0 bridgehead atoms. The van der Waals surface area contributed by atoms with Gasteiger partial charge in [-0.15, -0.1) is 0 Å². The van der Waals surface area contributed by atoms with E-state index in [4.69, 9.17) is 16.3 Å². The number of para-hydroxylation sites is 1. The van der Waals surface area contributed by atoms with E-state index in [-0.39, 0.29) is 23.0 Å². The molecule has 0 aliphatic rings. The molecule has 0 aromatic heterocycles. The quantitative estimate of drug-likeness (QED) is 0.376. The van der Waals surface area contributed by atoms with E-state index in [1.54, 1.807) is 43.3 Å². The standard InChI is InChI=1S/C20H18ClN3O3S/c1-2-27-18(25)13-28-20(24-15-6-4-3-5-7-15)17(12-22)19(26)23-16-10-8-14(21)9-11-16/h3-11,24H,2,13H2,1H3,(H,23,26). The van der Waals surface area contributed by atoms with Gasteiger partial charge in [0.15, 0.2) is 0 Å². The number of hydrogen-bond donors (Lipinski definition) is 2. The van der Waals surface area contributed by atoms with Gasteiger partial charge in [-0.25, -0.2) is 0 Å². The predicted molar refractivity (Wildman–Crippen MR) is 112 cm³/mol. The van der Waals surface area contributed by atoms with Gasteiger partial charge in [0, 0.05) is 16.4 Å². The van der Waals surface area contributed by atoms with E-state index in [9.17, 15) is 14.9 Å². The third-order valence-electron chi connectivity index (χ3n) is 3.34. The number of thioether (sulfide) groups is 1. The molecule has 0 saturated carbocycles. The summed E-state index contributed by atoms with van der Waals surface area (Å²) in [7, 11) is 0. The molecule has 0 fully saturated rings. The van der Waals surface area contributed by atoms with Crippen LogP contribution in [0.4, 0.5) is 11.4 Å². The molecule has 0 radical (unpaired) electrons. The minimum absolute atomic E-state index is 0.0393. The molecule has 0 saturated heterocycles. The SMILES string of the molecule is CCOC(=O)CSC(Nc1ccccc1)=C(C#N)C(=O)Nc1ccc(Cl)cc1. The molecule has 6 nitrogen and oxygen atoms in total. The lowest BCUT2D eigenvalue weighted by Gasteiger charge is -2.13. The fourth-order valence-electron chi connectivity index (χ4n) is 2.09. The van der Waals surface area contributed by atoms with Crippen molar-refractivity contribution in [1.82, 2.24) is 0 Å². The Hall–Kier alpha value is -2.95. The van der Waals surface area contributed by atoms with Crippen LogP contribution in [0, 0.1) is 11.3 Å². The van der Waals surface area contributed by atoms with Crippen LogP contribution in [-0.2, 0) is 14.3 Å². The van der Waals surface area contributed by atoms with Crippen LogP contribution in [0.25, 0.3) is 0 Å². The van der Waals surface area contributed by atoms with Crippen LogP contribution in [0.3, 0.4) is 0 Å². The van der Waals surface area contributed by atoms with E-state index in [2.05, 4.69) is 10.6 Å². The molecule has 1 amide bonds. The molecule has 8 heteroatoms. The van der Waals surface area contributed by atoms with Crippen molar-refractivity contribution < 1.29 is 14.3 Å². The Kier molecular flexibility index (Phi) is 8.40. The number of nitrogens with one attached hydrogen (secondary N) is 2. The molecule has 2 aromatic carbocycles. The van der Waals surface area contributed by atoms with Gasteiger partial charge in [-0.3, -0.25) is 9.59 Å². The first-order chi connectivity index (χ1) is 13.5. The van der Waals surface area contributed by atoms with Crippen LogP contribution < -0.4 is 10.6 Å². The first-order valence-corrected chi connectivity index (χ1v) is 9.71. The lowest BCUT2D eigenvalue weighted by molar-refractivity contribution is -0.139. The summed E-state index contributed by atoms with van der Waals surface area (Å²) in [4.78, 5) is 24.4. The number of carbonyl (C=O) groups is 2. The van der Waals surface area contributed by atoms with Crippen molar-refractivity contribution in [3.63, 3.8) is 0 Å². The minimum atomic E-state index is -0.598. The summed E-state index contributed by atoms with van der Waals surface area (Å²) in [5.41, 5.74) is 1.03. The van der Waals surface area contributed by atoms with Gasteiger partial charge in [0.2, 0.25) is 0 Å². The fraction of sp³-hybridized carbons (Fsp3) is 0.150. The lowest BCUT2D eigenvalue weighted by Crippen LogP contribution is -2.18. The fourth-order valence-corrected chi connectivity index (χ4v) is 3.03. The zero-order valence-electron chi connectivity index (χ0n) is 15.1. The van der Waals surface area contributed by atoms with Gasteiger partial charge in [0.05, 0.1) is 17.4 Å². The Morgan fingerprint density at radius 2 is 1.71 bits per heavy atom. The third kappa shape index (κ3) is 6.65. The van der Waals surface area contributed by atoms with Crippen LogP contribution in [0.2, 0.25) is 5.02 Å². The monoisotopic (exact) mass is 415 g/mol. The van der Waals surface area contributed by atoms with Crippen molar-refractivity contribution in [3.05, 3.63) is 70.2 Å². The Bertz CT molecular complexity index is 893. The molecule has 2 aromatic rings. The summed E-state index contributed by atoms with van der Waals surface area (Å²) in [6.45, 7) is 1.97. The van der Waals surface area contributed by atoms with E-state index in [1.165, 1.54) is 0 Å². The Morgan fingerprint density at radius 3 is 2.32 bits per heavy atom. The van der Waals surface area contributed by atoms with Crippen molar-refractivity contribution in [2.45, 2.75) is 6.92 Å². The van der Waals surface area contributed by atoms with Crippen LogP contribution in [0.15, 0.2) is 65.2 Å². The number of halogens is 1. The number of nitriles is 1. The smallest absolute Gasteiger partial charge is 0.316 e. The Balaban J connectivity index is 2.26. The highest BCUT2D eigenvalue weighted by atomic mass is 35.5. The predicted octanol–water partition coefficient (Wildman–Crippen LogP) is 4.42. The second-order valence-electron chi connectivity index (χ2n) is 5.36. The molecular weight excluding hydrogens is 398 g/mol. The lowest BCUT2D eigenvalue weighted by atomic mass is 10.2. The molecular formula is C20H18ClN3O3S. The van der Waals surface area contributed by atoms with Gasteiger partial charge in [-0.05, 0) is 43.3 Å². The molecule has 0 unspecified atom stereocenters. The van der Waals surface area contributed by atoms with Gasteiger partial charge in [-0.2, -0.15) is 5.26 Å². The van der Waals surface area contributed by atoms with Crippen molar-refractivity contribution in [3.8, 4) is 6.07 Å². The highest BCUT2D eigenvalue weighted by Gasteiger charge is 2.18. The molecule has 2 N–H and O–H groups in total. The van der Waals surface area contributed by atoms with E-state index < -0.39 is 11.9 Å². The normalized spacial score (nSPS) is 11.0. The Morgan fingerprint density at radius 1 is 1.07 bits per heavy atom. The molecule has 0 spiro atoms. The zero-order chi connectivity index (χ0) is 20.4. The third-order valence-corrected chi connectivity index (χ3v) is 4.57. The van der Waals surface area contributed by atoms with E-state index in [0.717, 1.165) is 11.8 Å².